The van der Waals surface area contributed by atoms with Crippen molar-refractivity contribution in [2.75, 3.05) is 7.11 Å². The number of carbonyl (C=O) groups is 2. The molecule has 1 N–H and O–H groups in total. The molecular formula is C14H17ClN2O3. The van der Waals surface area contributed by atoms with Crippen molar-refractivity contribution in [3.63, 3.8) is 0 Å². The Bertz CT molecular complexity index is 513. The highest BCUT2D eigenvalue weighted by Crippen LogP contribution is 2.29. The van der Waals surface area contributed by atoms with E-state index in [2.05, 4.69) is 10.3 Å². The fourth-order valence-corrected chi connectivity index (χ4v) is 2.74. The molecule has 0 radical (unpaired) electrons. The Balaban J connectivity index is 2.19. The van der Waals surface area contributed by atoms with Crippen LogP contribution >= 0.6 is 11.6 Å². The van der Waals surface area contributed by atoms with E-state index in [4.69, 9.17) is 16.3 Å². The van der Waals surface area contributed by atoms with Crippen LogP contribution in [0.2, 0.25) is 5.15 Å². The molecule has 1 aliphatic rings. The van der Waals surface area contributed by atoms with Gasteiger partial charge in [-0.25, -0.2) is 9.78 Å². The third kappa shape index (κ3) is 3.10. The van der Waals surface area contributed by atoms with E-state index in [1.807, 2.05) is 0 Å². The minimum absolute atomic E-state index is 0.244. The molecule has 0 unspecified atom stereocenters. The van der Waals surface area contributed by atoms with Crippen molar-refractivity contribution in [2.45, 2.75) is 37.6 Å². The van der Waals surface area contributed by atoms with Crippen LogP contribution in [-0.4, -0.2) is 29.5 Å². The first-order valence-corrected chi connectivity index (χ1v) is 6.98. The standard InChI is InChI=1S/C14H17ClN2O3/c1-20-13(19)14(6-3-2-4-7-14)17-12(18)10-5-8-16-11(15)9-10/h5,8-9H,2-4,6-7H2,1H3,(H,17,18). The van der Waals surface area contributed by atoms with Gasteiger partial charge in [-0.05, 0) is 25.0 Å². The van der Waals surface area contributed by atoms with Gasteiger partial charge >= 0.3 is 5.97 Å². The van der Waals surface area contributed by atoms with Crippen molar-refractivity contribution in [3.05, 3.63) is 29.0 Å². The first-order valence-electron chi connectivity index (χ1n) is 6.60. The summed E-state index contributed by atoms with van der Waals surface area (Å²) < 4.78 is 4.86. The predicted octanol–water partition coefficient (Wildman–Crippen LogP) is 2.34. The highest BCUT2D eigenvalue weighted by Gasteiger charge is 2.42. The molecule has 2 rings (SSSR count). The lowest BCUT2D eigenvalue weighted by molar-refractivity contribution is -0.149. The number of nitrogens with one attached hydrogen (secondary N) is 1. The van der Waals surface area contributed by atoms with Gasteiger partial charge in [0.25, 0.3) is 5.91 Å². The summed E-state index contributed by atoms with van der Waals surface area (Å²) in [5, 5.41) is 3.07. The maximum Gasteiger partial charge on any atom is 0.331 e. The van der Waals surface area contributed by atoms with Gasteiger partial charge in [0.05, 0.1) is 7.11 Å². The van der Waals surface area contributed by atoms with Crippen molar-refractivity contribution in [1.29, 1.82) is 0 Å². The Morgan fingerprint density at radius 2 is 2.05 bits per heavy atom. The molecule has 0 bridgehead atoms. The number of carbonyl (C=O) groups excluding carboxylic acids is 2. The normalized spacial score (nSPS) is 17.3. The van der Waals surface area contributed by atoms with Crippen LogP contribution in [0.5, 0.6) is 0 Å². The fourth-order valence-electron chi connectivity index (χ4n) is 2.56. The second-order valence-corrected chi connectivity index (χ2v) is 5.34. The van der Waals surface area contributed by atoms with Crippen molar-refractivity contribution in [2.24, 2.45) is 0 Å². The monoisotopic (exact) mass is 296 g/mol. The van der Waals surface area contributed by atoms with Gasteiger partial charge in [-0.3, -0.25) is 4.79 Å². The Morgan fingerprint density at radius 1 is 1.35 bits per heavy atom. The van der Waals surface area contributed by atoms with Crippen LogP contribution in [0.25, 0.3) is 0 Å². The van der Waals surface area contributed by atoms with Gasteiger partial charge in [0.1, 0.15) is 10.7 Å². The molecule has 1 aliphatic carbocycles. The average Bonchev–Trinajstić information content (AvgIpc) is 2.47. The molecule has 1 heterocycles. The second kappa shape index (κ2) is 6.22. The number of ether oxygens (including phenoxy) is 1. The number of aromatic nitrogens is 1. The number of amides is 1. The summed E-state index contributed by atoms with van der Waals surface area (Å²) in [5.74, 6) is -0.715. The summed E-state index contributed by atoms with van der Waals surface area (Å²) in [7, 11) is 1.34. The molecule has 1 amide bonds. The van der Waals surface area contributed by atoms with Gasteiger partial charge < -0.3 is 10.1 Å². The number of halogens is 1. The van der Waals surface area contributed by atoms with E-state index < -0.39 is 5.54 Å². The number of hydrogen-bond donors (Lipinski definition) is 1. The molecule has 1 saturated carbocycles. The number of esters is 1. The van der Waals surface area contributed by atoms with Gasteiger partial charge in [0.15, 0.2) is 0 Å². The Morgan fingerprint density at radius 3 is 2.65 bits per heavy atom. The fraction of sp³-hybridized carbons (Fsp3) is 0.500. The number of nitrogens with zero attached hydrogens (tertiary/aromatic N) is 1. The highest BCUT2D eigenvalue weighted by molar-refractivity contribution is 6.29. The number of hydrogen-bond acceptors (Lipinski definition) is 4. The lowest BCUT2D eigenvalue weighted by Gasteiger charge is -2.35. The van der Waals surface area contributed by atoms with E-state index in [1.165, 1.54) is 19.4 Å². The van der Waals surface area contributed by atoms with Crippen molar-refractivity contribution in [3.8, 4) is 0 Å². The summed E-state index contributed by atoms with van der Waals surface area (Å²) in [5.41, 5.74) is -0.529. The highest BCUT2D eigenvalue weighted by atomic mass is 35.5. The second-order valence-electron chi connectivity index (χ2n) is 4.96. The minimum atomic E-state index is -0.917. The molecule has 6 heteroatoms. The van der Waals surface area contributed by atoms with Crippen LogP contribution in [0, 0.1) is 0 Å². The lowest BCUT2D eigenvalue weighted by atomic mass is 9.81. The molecule has 0 atom stereocenters. The third-order valence-electron chi connectivity index (χ3n) is 3.62. The van der Waals surface area contributed by atoms with Crippen LogP contribution in [-0.2, 0) is 9.53 Å². The lowest BCUT2D eigenvalue weighted by Crippen LogP contribution is -2.56. The van der Waals surface area contributed by atoms with E-state index in [0.29, 0.717) is 18.4 Å². The molecule has 0 aliphatic heterocycles. The van der Waals surface area contributed by atoms with E-state index in [-0.39, 0.29) is 17.0 Å². The predicted molar refractivity (Wildman–Crippen MR) is 74.5 cm³/mol. The van der Waals surface area contributed by atoms with Crippen LogP contribution in [0.4, 0.5) is 0 Å². The van der Waals surface area contributed by atoms with Crippen LogP contribution < -0.4 is 5.32 Å². The van der Waals surface area contributed by atoms with Crippen molar-refractivity contribution in [1.82, 2.24) is 10.3 Å². The first-order chi connectivity index (χ1) is 9.57. The summed E-state index contributed by atoms with van der Waals surface area (Å²) in [6.45, 7) is 0. The summed E-state index contributed by atoms with van der Waals surface area (Å²) in [6, 6.07) is 3.04. The van der Waals surface area contributed by atoms with Gasteiger partial charge in [0.2, 0.25) is 0 Å². The van der Waals surface area contributed by atoms with E-state index in [1.54, 1.807) is 6.07 Å². The maximum atomic E-state index is 12.3. The molecule has 5 nitrogen and oxygen atoms in total. The third-order valence-corrected chi connectivity index (χ3v) is 3.83. The Kier molecular flexibility index (Phi) is 4.60. The topological polar surface area (TPSA) is 68.3 Å². The zero-order valence-electron chi connectivity index (χ0n) is 11.3. The van der Waals surface area contributed by atoms with E-state index in [0.717, 1.165) is 19.3 Å². The van der Waals surface area contributed by atoms with Gasteiger partial charge in [-0.15, -0.1) is 0 Å². The van der Waals surface area contributed by atoms with Crippen LogP contribution in [0.15, 0.2) is 18.3 Å². The van der Waals surface area contributed by atoms with Crippen molar-refractivity contribution < 1.29 is 14.3 Å². The van der Waals surface area contributed by atoms with Gasteiger partial charge in [-0.1, -0.05) is 30.9 Å². The average molecular weight is 297 g/mol. The van der Waals surface area contributed by atoms with Crippen LogP contribution in [0.1, 0.15) is 42.5 Å². The molecule has 1 aromatic heterocycles. The largest absolute Gasteiger partial charge is 0.467 e. The molecule has 1 aromatic rings. The smallest absolute Gasteiger partial charge is 0.331 e. The number of rotatable bonds is 3. The summed E-state index contributed by atoms with van der Waals surface area (Å²) in [6.07, 6.45) is 5.52. The Labute approximate surface area is 122 Å². The van der Waals surface area contributed by atoms with Crippen LogP contribution in [0.3, 0.4) is 0 Å². The number of pyridine rings is 1. The maximum absolute atomic E-state index is 12.3. The summed E-state index contributed by atoms with van der Waals surface area (Å²) in [4.78, 5) is 28.2. The molecular weight excluding hydrogens is 280 g/mol. The Hall–Kier alpha value is -1.62. The van der Waals surface area contributed by atoms with Crippen molar-refractivity contribution >= 4 is 23.5 Å². The minimum Gasteiger partial charge on any atom is -0.467 e. The first kappa shape index (κ1) is 14.8. The molecule has 20 heavy (non-hydrogen) atoms. The zero-order chi connectivity index (χ0) is 14.6. The molecule has 1 fully saturated rings. The molecule has 108 valence electrons. The SMILES string of the molecule is COC(=O)C1(NC(=O)c2ccnc(Cl)c2)CCCCC1. The van der Waals surface area contributed by atoms with E-state index in [9.17, 15) is 9.59 Å². The quantitative estimate of drug-likeness (QED) is 0.687. The van der Waals surface area contributed by atoms with Gasteiger partial charge in [-0.2, -0.15) is 0 Å². The number of methoxy groups -OCH3 is 1. The zero-order valence-corrected chi connectivity index (χ0v) is 12.1. The summed E-state index contributed by atoms with van der Waals surface area (Å²) >= 11 is 5.77. The molecule has 0 aromatic carbocycles. The molecule has 0 saturated heterocycles. The van der Waals surface area contributed by atoms with Gasteiger partial charge in [0, 0.05) is 11.8 Å². The van der Waals surface area contributed by atoms with E-state index >= 15 is 0 Å². The molecule has 0 spiro atoms.